The van der Waals surface area contributed by atoms with Gasteiger partial charge in [0, 0.05) is 21.8 Å². The number of hydrogen-bond donors (Lipinski definition) is 2. The molecule has 0 aliphatic heterocycles. The van der Waals surface area contributed by atoms with Crippen molar-refractivity contribution in [1.29, 1.82) is 0 Å². The lowest BCUT2D eigenvalue weighted by molar-refractivity contribution is -0.117. The van der Waals surface area contributed by atoms with Crippen LogP contribution in [0.15, 0.2) is 48.5 Å². The van der Waals surface area contributed by atoms with Gasteiger partial charge in [-0.05, 0) is 43.7 Å². The fourth-order valence-corrected chi connectivity index (χ4v) is 2.74. The van der Waals surface area contributed by atoms with E-state index in [1.807, 2.05) is 50.2 Å². The number of para-hydroxylation sites is 1. The Bertz CT molecular complexity index is 646. The van der Waals surface area contributed by atoms with Crippen LogP contribution in [-0.2, 0) is 4.79 Å². The molecule has 2 aromatic rings. The van der Waals surface area contributed by atoms with E-state index in [0.717, 1.165) is 11.3 Å². The van der Waals surface area contributed by atoms with Gasteiger partial charge >= 0.3 is 0 Å². The SMILES string of the molecule is C[C@@H](N[C@H](C)c1ccc(Cl)cc1Cl)C(=O)Nc1ccccc1. The average molecular weight is 337 g/mol. The smallest absolute Gasteiger partial charge is 0.241 e. The Hall–Kier alpha value is -1.55. The van der Waals surface area contributed by atoms with Crippen LogP contribution >= 0.6 is 23.2 Å². The summed E-state index contributed by atoms with van der Waals surface area (Å²) in [7, 11) is 0. The molecule has 2 aromatic carbocycles. The van der Waals surface area contributed by atoms with E-state index < -0.39 is 0 Å². The van der Waals surface area contributed by atoms with Crippen LogP contribution in [0.2, 0.25) is 10.0 Å². The van der Waals surface area contributed by atoms with Crippen molar-refractivity contribution in [1.82, 2.24) is 5.32 Å². The molecule has 0 saturated heterocycles. The highest BCUT2D eigenvalue weighted by molar-refractivity contribution is 6.35. The van der Waals surface area contributed by atoms with E-state index in [0.29, 0.717) is 10.0 Å². The molecule has 2 N–H and O–H groups in total. The fourth-order valence-electron chi connectivity index (χ4n) is 2.17. The van der Waals surface area contributed by atoms with Gasteiger partial charge in [0.15, 0.2) is 0 Å². The molecule has 0 heterocycles. The van der Waals surface area contributed by atoms with Gasteiger partial charge in [-0.2, -0.15) is 0 Å². The van der Waals surface area contributed by atoms with Gasteiger partial charge in [0.05, 0.1) is 6.04 Å². The lowest BCUT2D eigenvalue weighted by Crippen LogP contribution is -2.39. The molecule has 0 spiro atoms. The second-order valence-corrected chi connectivity index (χ2v) is 5.97. The standard InChI is InChI=1S/C17H18Cl2N2O/c1-11(15-9-8-13(18)10-16(15)19)20-12(2)17(22)21-14-6-4-3-5-7-14/h3-12,20H,1-2H3,(H,21,22)/t11-,12-/m1/s1. The zero-order valence-corrected chi connectivity index (χ0v) is 13.9. The van der Waals surface area contributed by atoms with Gasteiger partial charge in [-0.25, -0.2) is 0 Å². The lowest BCUT2D eigenvalue weighted by atomic mass is 10.1. The number of carbonyl (C=O) groups excluding carboxylic acids is 1. The maximum absolute atomic E-state index is 12.2. The van der Waals surface area contributed by atoms with Crippen molar-refractivity contribution in [2.45, 2.75) is 25.9 Å². The molecule has 0 saturated carbocycles. The van der Waals surface area contributed by atoms with Crippen LogP contribution in [-0.4, -0.2) is 11.9 Å². The highest BCUT2D eigenvalue weighted by atomic mass is 35.5. The topological polar surface area (TPSA) is 41.1 Å². The van der Waals surface area contributed by atoms with Gasteiger partial charge in [-0.15, -0.1) is 0 Å². The molecular weight excluding hydrogens is 319 g/mol. The molecule has 2 atom stereocenters. The van der Waals surface area contributed by atoms with Crippen molar-refractivity contribution in [2.24, 2.45) is 0 Å². The summed E-state index contributed by atoms with van der Waals surface area (Å²) in [6.45, 7) is 3.78. The molecule has 22 heavy (non-hydrogen) atoms. The van der Waals surface area contributed by atoms with Crippen molar-refractivity contribution in [3.63, 3.8) is 0 Å². The van der Waals surface area contributed by atoms with E-state index in [-0.39, 0.29) is 18.0 Å². The summed E-state index contributed by atoms with van der Waals surface area (Å²) in [6.07, 6.45) is 0. The van der Waals surface area contributed by atoms with Crippen molar-refractivity contribution in [2.75, 3.05) is 5.32 Å². The summed E-state index contributed by atoms with van der Waals surface area (Å²) in [5.41, 5.74) is 1.68. The van der Waals surface area contributed by atoms with E-state index in [1.165, 1.54) is 0 Å². The number of amides is 1. The molecule has 0 unspecified atom stereocenters. The van der Waals surface area contributed by atoms with Crippen LogP contribution in [0, 0.1) is 0 Å². The van der Waals surface area contributed by atoms with Crippen molar-refractivity contribution in [3.8, 4) is 0 Å². The monoisotopic (exact) mass is 336 g/mol. The zero-order chi connectivity index (χ0) is 16.1. The molecule has 1 amide bonds. The quantitative estimate of drug-likeness (QED) is 0.832. The third-order valence-electron chi connectivity index (χ3n) is 3.36. The minimum absolute atomic E-state index is 0.0682. The molecule has 0 bridgehead atoms. The van der Waals surface area contributed by atoms with Gasteiger partial charge in [-0.3, -0.25) is 10.1 Å². The van der Waals surface area contributed by atoms with Crippen LogP contribution in [0.5, 0.6) is 0 Å². The molecule has 0 aliphatic rings. The summed E-state index contributed by atoms with van der Waals surface area (Å²) < 4.78 is 0. The Morgan fingerprint density at radius 2 is 1.73 bits per heavy atom. The minimum Gasteiger partial charge on any atom is -0.325 e. The van der Waals surface area contributed by atoms with Gasteiger partial charge in [0.25, 0.3) is 0 Å². The van der Waals surface area contributed by atoms with E-state index in [1.54, 1.807) is 12.1 Å². The van der Waals surface area contributed by atoms with Crippen LogP contribution in [0.1, 0.15) is 25.5 Å². The Kier molecular flexibility index (Phi) is 5.83. The first-order valence-electron chi connectivity index (χ1n) is 7.04. The maximum atomic E-state index is 12.2. The Morgan fingerprint density at radius 1 is 1.05 bits per heavy atom. The number of carbonyl (C=O) groups is 1. The largest absolute Gasteiger partial charge is 0.325 e. The molecule has 0 fully saturated rings. The van der Waals surface area contributed by atoms with Crippen LogP contribution in [0.25, 0.3) is 0 Å². The summed E-state index contributed by atoms with van der Waals surface area (Å²) in [4.78, 5) is 12.2. The third kappa shape index (κ3) is 4.47. The van der Waals surface area contributed by atoms with Crippen LogP contribution in [0.4, 0.5) is 5.69 Å². The van der Waals surface area contributed by atoms with Crippen molar-refractivity contribution < 1.29 is 4.79 Å². The second kappa shape index (κ2) is 7.63. The normalized spacial score (nSPS) is 13.5. The molecule has 0 radical (unpaired) electrons. The first kappa shape index (κ1) is 16.8. The van der Waals surface area contributed by atoms with Crippen molar-refractivity contribution >= 4 is 34.8 Å². The Morgan fingerprint density at radius 3 is 2.36 bits per heavy atom. The molecule has 5 heteroatoms. The molecule has 0 aromatic heterocycles. The predicted octanol–water partition coefficient (Wildman–Crippen LogP) is 4.67. The average Bonchev–Trinajstić information content (AvgIpc) is 2.47. The zero-order valence-electron chi connectivity index (χ0n) is 12.4. The lowest BCUT2D eigenvalue weighted by Gasteiger charge is -2.21. The van der Waals surface area contributed by atoms with Crippen molar-refractivity contribution in [3.05, 3.63) is 64.1 Å². The third-order valence-corrected chi connectivity index (χ3v) is 3.93. The highest BCUT2D eigenvalue weighted by Crippen LogP contribution is 2.26. The number of benzene rings is 2. The molecule has 116 valence electrons. The van der Waals surface area contributed by atoms with Gasteiger partial charge in [0.1, 0.15) is 0 Å². The van der Waals surface area contributed by atoms with Gasteiger partial charge in [0.2, 0.25) is 5.91 Å². The van der Waals surface area contributed by atoms with E-state index in [2.05, 4.69) is 10.6 Å². The first-order valence-corrected chi connectivity index (χ1v) is 7.80. The molecule has 0 aliphatic carbocycles. The summed E-state index contributed by atoms with van der Waals surface area (Å²) in [5, 5.41) is 7.28. The number of halogens is 2. The van der Waals surface area contributed by atoms with E-state index in [9.17, 15) is 4.79 Å². The van der Waals surface area contributed by atoms with Gasteiger partial charge < -0.3 is 5.32 Å². The minimum atomic E-state index is -0.359. The number of anilines is 1. The summed E-state index contributed by atoms with van der Waals surface area (Å²) in [6, 6.07) is 14.3. The first-order chi connectivity index (χ1) is 10.5. The Balaban J connectivity index is 1.98. The van der Waals surface area contributed by atoms with Crippen LogP contribution < -0.4 is 10.6 Å². The molecular formula is C17H18Cl2N2O. The highest BCUT2D eigenvalue weighted by Gasteiger charge is 2.18. The second-order valence-electron chi connectivity index (χ2n) is 5.13. The van der Waals surface area contributed by atoms with E-state index in [4.69, 9.17) is 23.2 Å². The van der Waals surface area contributed by atoms with E-state index >= 15 is 0 Å². The summed E-state index contributed by atoms with van der Waals surface area (Å²) in [5.74, 6) is -0.0943. The Labute approximate surface area is 140 Å². The fraction of sp³-hybridized carbons (Fsp3) is 0.235. The van der Waals surface area contributed by atoms with Gasteiger partial charge in [-0.1, -0.05) is 47.5 Å². The maximum Gasteiger partial charge on any atom is 0.241 e. The predicted molar refractivity (Wildman–Crippen MR) is 92.5 cm³/mol. The summed E-state index contributed by atoms with van der Waals surface area (Å²) >= 11 is 12.1. The number of nitrogens with one attached hydrogen (secondary N) is 2. The number of hydrogen-bond acceptors (Lipinski definition) is 2. The number of rotatable bonds is 5. The molecule has 2 rings (SSSR count). The molecule has 3 nitrogen and oxygen atoms in total. The van der Waals surface area contributed by atoms with Crippen LogP contribution in [0.3, 0.4) is 0 Å².